The monoisotopic (exact) mass is 702 g/mol. The molecule has 0 N–H and O–H groups in total. The van der Waals surface area contributed by atoms with Crippen LogP contribution in [0.1, 0.15) is 0 Å². The fraction of sp³-hybridized carbons (Fsp3) is 0. The van der Waals surface area contributed by atoms with Gasteiger partial charge >= 0.3 is 0 Å². The van der Waals surface area contributed by atoms with Crippen LogP contribution in [0.2, 0.25) is 0 Å². The van der Waals surface area contributed by atoms with Crippen LogP contribution in [0.25, 0.3) is 82.5 Å². The average molecular weight is 703 g/mol. The van der Waals surface area contributed by atoms with Gasteiger partial charge in [0.15, 0.2) is 0 Å². The molecule has 0 amide bonds. The maximum absolute atomic E-state index is 6.44. The molecule has 2 aromatic heterocycles. The van der Waals surface area contributed by atoms with E-state index in [-0.39, 0.29) is 0 Å². The van der Waals surface area contributed by atoms with Crippen molar-refractivity contribution in [1.82, 2.24) is 4.57 Å². The molecule has 11 aromatic rings. The van der Waals surface area contributed by atoms with E-state index in [1.165, 1.54) is 38.2 Å². The Hall–Kier alpha value is -7.36. The molecule has 2 heterocycles. The highest BCUT2D eigenvalue weighted by molar-refractivity contribution is 6.11. The summed E-state index contributed by atoms with van der Waals surface area (Å²) >= 11 is 0. The Morgan fingerprint density at radius 2 is 0.909 bits per heavy atom. The summed E-state index contributed by atoms with van der Waals surface area (Å²) in [5, 5.41) is 7.15. The minimum atomic E-state index is 0.897. The van der Waals surface area contributed by atoms with Crippen molar-refractivity contribution in [3.8, 4) is 27.9 Å². The Morgan fingerprint density at radius 3 is 1.75 bits per heavy atom. The second kappa shape index (κ2) is 12.6. The summed E-state index contributed by atoms with van der Waals surface area (Å²) in [6.45, 7) is 0. The topological polar surface area (TPSA) is 21.3 Å². The zero-order valence-corrected chi connectivity index (χ0v) is 29.9. The molecular formula is C52H34N2O. The number of fused-ring (bicyclic) bond motifs is 7. The average Bonchev–Trinajstić information content (AvgIpc) is 3.78. The second-order valence-electron chi connectivity index (χ2n) is 14.2. The van der Waals surface area contributed by atoms with Gasteiger partial charge in [-0.1, -0.05) is 127 Å². The molecule has 0 aliphatic rings. The van der Waals surface area contributed by atoms with Crippen molar-refractivity contribution in [2.75, 3.05) is 4.90 Å². The molecule has 3 heteroatoms. The fourth-order valence-corrected chi connectivity index (χ4v) is 8.30. The van der Waals surface area contributed by atoms with E-state index in [1.807, 2.05) is 0 Å². The first-order chi connectivity index (χ1) is 27.2. The highest BCUT2D eigenvalue weighted by atomic mass is 16.3. The van der Waals surface area contributed by atoms with Gasteiger partial charge in [-0.25, -0.2) is 0 Å². The van der Waals surface area contributed by atoms with E-state index in [4.69, 9.17) is 4.42 Å². The molecule has 258 valence electrons. The van der Waals surface area contributed by atoms with Crippen molar-refractivity contribution in [1.29, 1.82) is 0 Å². The number of benzene rings is 9. The Morgan fingerprint density at radius 1 is 0.327 bits per heavy atom. The van der Waals surface area contributed by atoms with E-state index in [0.29, 0.717) is 0 Å². The summed E-state index contributed by atoms with van der Waals surface area (Å²) in [6, 6.07) is 74.0. The van der Waals surface area contributed by atoms with Crippen molar-refractivity contribution >= 4 is 71.6 Å². The zero-order valence-electron chi connectivity index (χ0n) is 29.9. The van der Waals surface area contributed by atoms with Crippen LogP contribution in [-0.2, 0) is 0 Å². The third-order valence-electron chi connectivity index (χ3n) is 10.9. The molecule has 55 heavy (non-hydrogen) atoms. The van der Waals surface area contributed by atoms with Crippen molar-refractivity contribution in [2.24, 2.45) is 0 Å². The van der Waals surface area contributed by atoms with Gasteiger partial charge in [0.25, 0.3) is 0 Å². The molecule has 0 aliphatic heterocycles. The van der Waals surface area contributed by atoms with Gasteiger partial charge in [-0.05, 0) is 112 Å². The minimum Gasteiger partial charge on any atom is -0.456 e. The van der Waals surface area contributed by atoms with Crippen molar-refractivity contribution < 1.29 is 4.42 Å². The summed E-state index contributed by atoms with van der Waals surface area (Å²) in [5.41, 5.74) is 13.2. The molecule has 0 fully saturated rings. The number of rotatable bonds is 6. The molecule has 0 spiro atoms. The van der Waals surface area contributed by atoms with Crippen LogP contribution in [0.4, 0.5) is 17.1 Å². The molecule has 11 rings (SSSR count). The standard InChI is InChI=1S/C52H34N2O/c1-3-12-35(13-4-1)37-16-11-19-43(30-37)53(44-27-29-46-45-20-9-10-21-49(45)54(50(46)34-44)41-17-5-2-6-18-41)42-25-22-36(23-26-42)40-24-28-47-48-31-38-14-7-8-15-39(38)32-52(48)55-51(47)33-40/h1-34H. The van der Waals surface area contributed by atoms with E-state index < -0.39 is 0 Å². The molecule has 0 unspecified atom stereocenters. The van der Waals surface area contributed by atoms with Crippen LogP contribution in [0.5, 0.6) is 0 Å². The number of hydrogen-bond acceptors (Lipinski definition) is 2. The smallest absolute Gasteiger partial charge is 0.136 e. The van der Waals surface area contributed by atoms with Crippen LogP contribution in [0.3, 0.4) is 0 Å². The minimum absolute atomic E-state index is 0.897. The van der Waals surface area contributed by atoms with Gasteiger partial charge in [-0.3, -0.25) is 0 Å². The maximum Gasteiger partial charge on any atom is 0.136 e. The number of anilines is 3. The Labute approximate surface area is 318 Å². The third-order valence-corrected chi connectivity index (χ3v) is 10.9. The molecule has 3 nitrogen and oxygen atoms in total. The van der Waals surface area contributed by atoms with E-state index in [0.717, 1.165) is 61.3 Å². The largest absolute Gasteiger partial charge is 0.456 e. The van der Waals surface area contributed by atoms with Crippen LogP contribution in [0, 0.1) is 0 Å². The zero-order chi connectivity index (χ0) is 36.3. The molecule has 0 aliphatic carbocycles. The quantitative estimate of drug-likeness (QED) is 0.172. The summed E-state index contributed by atoms with van der Waals surface area (Å²) < 4.78 is 8.82. The Balaban J connectivity index is 1.05. The summed E-state index contributed by atoms with van der Waals surface area (Å²) in [4.78, 5) is 2.37. The molecular weight excluding hydrogens is 669 g/mol. The van der Waals surface area contributed by atoms with Gasteiger partial charge in [0.2, 0.25) is 0 Å². The van der Waals surface area contributed by atoms with Crippen molar-refractivity contribution in [3.63, 3.8) is 0 Å². The molecule has 0 radical (unpaired) electrons. The lowest BCUT2D eigenvalue weighted by Crippen LogP contribution is -2.10. The van der Waals surface area contributed by atoms with E-state index >= 15 is 0 Å². The van der Waals surface area contributed by atoms with E-state index in [9.17, 15) is 0 Å². The Bertz CT molecular complexity index is 3190. The Kier molecular flexibility index (Phi) is 7.17. The predicted octanol–water partition coefficient (Wildman–Crippen LogP) is 14.6. The SMILES string of the molecule is c1ccc(-c2cccc(N(c3ccc(-c4ccc5c(c4)oc4cc6ccccc6cc45)cc3)c3ccc4c5ccccc5n(-c5ccccc5)c4c3)c2)cc1. The van der Waals surface area contributed by atoms with E-state index in [2.05, 4.69) is 216 Å². The van der Waals surface area contributed by atoms with Gasteiger partial charge in [0.05, 0.1) is 11.0 Å². The lowest BCUT2D eigenvalue weighted by Gasteiger charge is -2.26. The van der Waals surface area contributed by atoms with Crippen molar-refractivity contribution in [2.45, 2.75) is 0 Å². The van der Waals surface area contributed by atoms with E-state index in [1.54, 1.807) is 0 Å². The van der Waals surface area contributed by atoms with Crippen molar-refractivity contribution in [3.05, 3.63) is 206 Å². The summed E-state index contributed by atoms with van der Waals surface area (Å²) in [7, 11) is 0. The highest BCUT2D eigenvalue weighted by Crippen LogP contribution is 2.42. The predicted molar refractivity (Wildman–Crippen MR) is 231 cm³/mol. The summed E-state index contributed by atoms with van der Waals surface area (Å²) in [6.07, 6.45) is 0. The number of hydrogen-bond donors (Lipinski definition) is 0. The van der Waals surface area contributed by atoms with Gasteiger partial charge in [-0.2, -0.15) is 0 Å². The van der Waals surface area contributed by atoms with Crippen LogP contribution in [0.15, 0.2) is 211 Å². The van der Waals surface area contributed by atoms with Gasteiger partial charge in [0.1, 0.15) is 11.2 Å². The third kappa shape index (κ3) is 5.28. The first-order valence-corrected chi connectivity index (χ1v) is 18.7. The molecule has 0 bridgehead atoms. The van der Waals surface area contributed by atoms with Gasteiger partial charge in [0, 0.05) is 44.3 Å². The molecule has 9 aromatic carbocycles. The highest BCUT2D eigenvalue weighted by Gasteiger charge is 2.18. The second-order valence-corrected chi connectivity index (χ2v) is 14.2. The van der Waals surface area contributed by atoms with Gasteiger partial charge < -0.3 is 13.9 Å². The van der Waals surface area contributed by atoms with Crippen LogP contribution in [-0.4, -0.2) is 4.57 Å². The van der Waals surface area contributed by atoms with Gasteiger partial charge in [-0.15, -0.1) is 0 Å². The maximum atomic E-state index is 6.44. The normalized spacial score (nSPS) is 11.6. The summed E-state index contributed by atoms with van der Waals surface area (Å²) in [5.74, 6) is 0. The number of aromatic nitrogens is 1. The number of para-hydroxylation sites is 2. The lowest BCUT2D eigenvalue weighted by molar-refractivity contribution is 0.669. The number of nitrogens with zero attached hydrogens (tertiary/aromatic N) is 2. The first-order valence-electron chi connectivity index (χ1n) is 18.7. The molecule has 0 atom stereocenters. The first kappa shape index (κ1) is 31.2. The molecule has 0 saturated carbocycles. The lowest BCUT2D eigenvalue weighted by atomic mass is 10.0. The van der Waals surface area contributed by atoms with Crippen LogP contribution < -0.4 is 4.90 Å². The van der Waals surface area contributed by atoms with Crippen LogP contribution >= 0.6 is 0 Å². The molecule has 0 saturated heterocycles. The fourth-order valence-electron chi connectivity index (χ4n) is 8.30. The number of furan rings is 1.